The number of hydrazine groups is 1. The number of hydrogen-bond acceptors (Lipinski definition) is 9. The molecule has 182 valence electrons. The Morgan fingerprint density at radius 2 is 1.94 bits per heavy atom. The van der Waals surface area contributed by atoms with Crippen LogP contribution in [0.4, 0.5) is 5.82 Å². The molecule has 2 saturated heterocycles. The van der Waals surface area contributed by atoms with Gasteiger partial charge in [0.15, 0.2) is 22.5 Å². The molecule has 1 aromatic carbocycles. The minimum atomic E-state index is -1.33. The zero-order valence-electron chi connectivity index (χ0n) is 18.0. The SMILES string of the molecule is O=S(c1ccccc1)C1CCN(Nc2nc(Cl)nc3c2ncn3[C@H]2C[C@H](O)[C@@H](C(O)Cl)O2)CC1. The van der Waals surface area contributed by atoms with E-state index in [4.69, 9.17) is 27.9 Å². The maximum atomic E-state index is 12.9. The maximum absolute atomic E-state index is 12.9. The third-order valence-electron chi connectivity index (χ3n) is 6.10. The van der Waals surface area contributed by atoms with Crippen LogP contribution < -0.4 is 5.43 Å². The molecular formula is C21H24Cl2N6O4S. The topological polar surface area (TPSA) is 126 Å². The number of fused-ring (bicyclic) bond motifs is 1. The summed E-state index contributed by atoms with van der Waals surface area (Å²) in [5, 5.41) is 21.9. The van der Waals surface area contributed by atoms with Crippen molar-refractivity contribution < 1.29 is 19.2 Å². The molecule has 2 unspecified atom stereocenters. The number of anilines is 1. The fraction of sp³-hybridized carbons (Fsp3) is 0.476. The van der Waals surface area contributed by atoms with Gasteiger partial charge < -0.3 is 20.4 Å². The Labute approximate surface area is 208 Å². The Hall–Kier alpha value is -1.86. The number of halogens is 2. The van der Waals surface area contributed by atoms with Crippen LogP contribution in [0, 0.1) is 0 Å². The number of aliphatic hydroxyl groups excluding tert-OH is 2. The molecule has 34 heavy (non-hydrogen) atoms. The molecule has 13 heteroatoms. The molecule has 0 aliphatic carbocycles. The summed E-state index contributed by atoms with van der Waals surface area (Å²) in [5.74, 6) is 0.448. The first-order valence-corrected chi connectivity index (χ1v) is 13.0. The van der Waals surface area contributed by atoms with E-state index in [1.807, 2.05) is 35.3 Å². The molecule has 2 fully saturated rings. The first-order chi connectivity index (χ1) is 16.4. The van der Waals surface area contributed by atoms with Crippen molar-refractivity contribution in [3.8, 4) is 0 Å². The summed E-state index contributed by atoms with van der Waals surface area (Å²) in [6.45, 7) is 1.36. The smallest absolute Gasteiger partial charge is 0.226 e. The lowest BCUT2D eigenvalue weighted by Gasteiger charge is -2.31. The van der Waals surface area contributed by atoms with Gasteiger partial charge >= 0.3 is 0 Å². The molecule has 0 spiro atoms. The summed E-state index contributed by atoms with van der Waals surface area (Å²) in [6, 6.07) is 9.53. The molecule has 2 aliphatic rings. The first kappa shape index (κ1) is 23.9. The van der Waals surface area contributed by atoms with Gasteiger partial charge in [-0.05, 0) is 36.6 Å². The van der Waals surface area contributed by atoms with Crippen molar-refractivity contribution in [1.29, 1.82) is 0 Å². The fourth-order valence-electron chi connectivity index (χ4n) is 4.35. The number of benzene rings is 1. The molecule has 0 saturated carbocycles. The Balaban J connectivity index is 1.29. The van der Waals surface area contributed by atoms with E-state index in [9.17, 15) is 14.4 Å². The van der Waals surface area contributed by atoms with Gasteiger partial charge in [-0.15, -0.1) is 0 Å². The van der Waals surface area contributed by atoms with Crippen molar-refractivity contribution in [1.82, 2.24) is 24.5 Å². The normalized spacial score (nSPS) is 26.1. The highest BCUT2D eigenvalue weighted by Crippen LogP contribution is 2.34. The van der Waals surface area contributed by atoms with Gasteiger partial charge in [0.2, 0.25) is 5.28 Å². The largest absolute Gasteiger partial charge is 0.390 e. The van der Waals surface area contributed by atoms with Gasteiger partial charge in [-0.25, -0.2) is 9.99 Å². The van der Waals surface area contributed by atoms with Gasteiger partial charge in [-0.2, -0.15) is 9.97 Å². The molecule has 0 bridgehead atoms. The van der Waals surface area contributed by atoms with E-state index in [2.05, 4.69) is 20.4 Å². The molecule has 5 rings (SSSR count). The fourth-order valence-corrected chi connectivity index (χ4v) is 6.19. The van der Waals surface area contributed by atoms with Crippen LogP contribution in [-0.2, 0) is 15.5 Å². The second-order valence-electron chi connectivity index (χ2n) is 8.31. The number of nitrogens with one attached hydrogen (secondary N) is 1. The van der Waals surface area contributed by atoms with Gasteiger partial charge in [0.1, 0.15) is 12.3 Å². The summed E-state index contributed by atoms with van der Waals surface area (Å²) in [6.07, 6.45) is 0.837. The molecule has 10 nitrogen and oxygen atoms in total. The van der Waals surface area contributed by atoms with Crippen LogP contribution in [0.1, 0.15) is 25.5 Å². The number of aliphatic hydroxyl groups is 2. The zero-order valence-corrected chi connectivity index (χ0v) is 20.3. The molecule has 2 aromatic heterocycles. The monoisotopic (exact) mass is 526 g/mol. The highest BCUT2D eigenvalue weighted by Gasteiger charge is 2.39. The van der Waals surface area contributed by atoms with Gasteiger partial charge in [-0.1, -0.05) is 29.8 Å². The van der Waals surface area contributed by atoms with Crippen LogP contribution in [-0.4, -0.2) is 75.1 Å². The van der Waals surface area contributed by atoms with Crippen LogP contribution in [0.25, 0.3) is 11.2 Å². The number of alkyl halides is 1. The molecule has 3 N–H and O–H groups in total. The Kier molecular flexibility index (Phi) is 7.03. The number of aromatic nitrogens is 4. The summed E-state index contributed by atoms with van der Waals surface area (Å²) in [5.41, 5.74) is 2.87. The van der Waals surface area contributed by atoms with Crippen molar-refractivity contribution in [2.45, 2.75) is 53.4 Å². The quantitative estimate of drug-likeness (QED) is 0.327. The Morgan fingerprint density at radius 3 is 2.62 bits per heavy atom. The van der Waals surface area contributed by atoms with Crippen LogP contribution in [0.3, 0.4) is 0 Å². The maximum Gasteiger partial charge on any atom is 0.226 e. The predicted octanol–water partition coefficient (Wildman–Crippen LogP) is 2.28. The zero-order chi connectivity index (χ0) is 23.8. The molecule has 0 radical (unpaired) electrons. The number of imidazole rings is 1. The molecule has 2 aliphatic heterocycles. The van der Waals surface area contributed by atoms with Crippen LogP contribution in [0.2, 0.25) is 5.28 Å². The molecule has 5 atom stereocenters. The lowest BCUT2D eigenvalue weighted by molar-refractivity contribution is -0.0561. The van der Waals surface area contributed by atoms with Gasteiger partial charge in [0.25, 0.3) is 0 Å². The van der Waals surface area contributed by atoms with E-state index in [0.29, 0.717) is 30.1 Å². The summed E-state index contributed by atoms with van der Waals surface area (Å²) in [4.78, 5) is 13.9. The molecule has 4 heterocycles. The Bertz CT molecular complexity index is 1170. The van der Waals surface area contributed by atoms with Crippen molar-refractivity contribution >= 4 is 51.0 Å². The van der Waals surface area contributed by atoms with Gasteiger partial charge in [-0.3, -0.25) is 8.78 Å². The second-order valence-corrected chi connectivity index (χ2v) is 10.8. The average molecular weight is 527 g/mol. The molecule has 3 aromatic rings. The molecule has 0 amide bonds. The predicted molar refractivity (Wildman–Crippen MR) is 128 cm³/mol. The third kappa shape index (κ3) is 4.78. The van der Waals surface area contributed by atoms with E-state index in [-0.39, 0.29) is 17.0 Å². The lowest BCUT2D eigenvalue weighted by atomic mass is 10.1. The number of hydrogen-bond donors (Lipinski definition) is 3. The van der Waals surface area contributed by atoms with E-state index in [1.165, 1.54) is 6.33 Å². The summed E-state index contributed by atoms with van der Waals surface area (Å²) < 4.78 is 20.2. The average Bonchev–Trinajstić information content (AvgIpc) is 3.43. The minimum absolute atomic E-state index is 0.0318. The number of ether oxygens (including phenoxy) is 1. The van der Waals surface area contributed by atoms with Crippen LogP contribution in [0.15, 0.2) is 41.6 Å². The molecular weight excluding hydrogens is 503 g/mol. The Morgan fingerprint density at radius 1 is 1.21 bits per heavy atom. The third-order valence-corrected chi connectivity index (χ3v) is 8.33. The second kappa shape index (κ2) is 10.0. The van der Waals surface area contributed by atoms with Crippen molar-refractivity contribution in [3.05, 3.63) is 41.9 Å². The lowest BCUT2D eigenvalue weighted by Crippen LogP contribution is -2.41. The van der Waals surface area contributed by atoms with Crippen molar-refractivity contribution in [3.63, 3.8) is 0 Å². The van der Waals surface area contributed by atoms with Gasteiger partial charge in [0.05, 0.1) is 23.2 Å². The number of piperidine rings is 1. The highest BCUT2D eigenvalue weighted by atomic mass is 35.5. The van der Waals surface area contributed by atoms with Gasteiger partial charge in [0, 0.05) is 29.7 Å². The van der Waals surface area contributed by atoms with E-state index < -0.39 is 34.8 Å². The van der Waals surface area contributed by atoms with Crippen molar-refractivity contribution in [2.24, 2.45) is 0 Å². The first-order valence-electron chi connectivity index (χ1n) is 10.9. The van der Waals surface area contributed by atoms with Crippen molar-refractivity contribution in [2.75, 3.05) is 18.5 Å². The highest BCUT2D eigenvalue weighted by molar-refractivity contribution is 7.85. The van der Waals surface area contributed by atoms with Crippen LogP contribution in [0.5, 0.6) is 0 Å². The minimum Gasteiger partial charge on any atom is -0.390 e. The van der Waals surface area contributed by atoms with Crippen LogP contribution >= 0.6 is 23.2 Å². The number of rotatable bonds is 6. The number of nitrogens with zero attached hydrogens (tertiary/aromatic N) is 5. The van der Waals surface area contributed by atoms with E-state index >= 15 is 0 Å². The summed E-state index contributed by atoms with van der Waals surface area (Å²) in [7, 11) is -1.04. The summed E-state index contributed by atoms with van der Waals surface area (Å²) >= 11 is 11.9. The van der Waals surface area contributed by atoms with E-state index in [0.717, 1.165) is 17.7 Å². The standard InChI is InChI=1S/C21H24Cl2N6O4S/c22-18(31)17-14(30)10-15(33-17)29-11-24-16-19(25-21(23)26-20(16)29)27-28-8-6-13(7-9-28)34(32)12-4-2-1-3-5-12/h1-5,11,13-15,17-18,30-31H,6-10H2,(H,25,26,27)/t14-,15+,17-,18?,34?/m0/s1. The van der Waals surface area contributed by atoms with E-state index in [1.54, 1.807) is 4.57 Å².